The van der Waals surface area contributed by atoms with Crippen LogP contribution in [0.1, 0.15) is 12.5 Å². The summed E-state index contributed by atoms with van der Waals surface area (Å²) in [7, 11) is 0. The number of amides is 1. The summed E-state index contributed by atoms with van der Waals surface area (Å²) in [6, 6.07) is 15.1. The van der Waals surface area contributed by atoms with Crippen LogP contribution in [0.15, 0.2) is 53.4 Å². The lowest BCUT2D eigenvalue weighted by Gasteiger charge is -2.10. The highest BCUT2D eigenvalue weighted by Crippen LogP contribution is 2.20. The molecule has 1 amide bonds. The fourth-order valence-corrected chi connectivity index (χ4v) is 2.25. The molecule has 2 rings (SSSR count). The van der Waals surface area contributed by atoms with Crippen molar-refractivity contribution in [2.45, 2.75) is 18.2 Å². The van der Waals surface area contributed by atoms with E-state index in [0.717, 1.165) is 22.6 Å². The van der Waals surface area contributed by atoms with Crippen molar-refractivity contribution in [2.75, 3.05) is 11.6 Å². The van der Waals surface area contributed by atoms with Crippen molar-refractivity contribution in [2.24, 2.45) is 0 Å². The van der Waals surface area contributed by atoms with Crippen molar-refractivity contribution in [3.63, 3.8) is 0 Å². The summed E-state index contributed by atoms with van der Waals surface area (Å²) in [5, 5.41) is 2.77. The van der Waals surface area contributed by atoms with Gasteiger partial charge in [-0.25, -0.2) is 4.79 Å². The van der Waals surface area contributed by atoms with Gasteiger partial charge in [-0.2, -0.15) is 0 Å². The molecule has 104 valence electrons. The third-order valence-electron chi connectivity index (χ3n) is 2.90. The average Bonchev–Trinajstić information content (AvgIpc) is 2.48. The second-order valence-electron chi connectivity index (χ2n) is 4.20. The highest BCUT2D eigenvalue weighted by Gasteiger charge is 2.07. The molecule has 4 heteroatoms. The van der Waals surface area contributed by atoms with Gasteiger partial charge in [0.25, 0.3) is 0 Å². The molecule has 0 aliphatic heterocycles. The van der Waals surface area contributed by atoms with Crippen LogP contribution in [0, 0.1) is 0 Å². The lowest BCUT2D eigenvalue weighted by atomic mass is 10.1. The second kappa shape index (κ2) is 7.01. The summed E-state index contributed by atoms with van der Waals surface area (Å²) in [5.41, 5.74) is 1.88. The number of ether oxygens (including phenoxy) is 1. The van der Waals surface area contributed by atoms with E-state index in [1.165, 1.54) is 0 Å². The predicted molar refractivity (Wildman–Crippen MR) is 83.7 cm³/mol. The van der Waals surface area contributed by atoms with Crippen molar-refractivity contribution >= 4 is 23.5 Å². The van der Waals surface area contributed by atoms with Crippen LogP contribution in [-0.4, -0.2) is 12.3 Å². The Kier molecular flexibility index (Phi) is 5.07. The largest absolute Gasteiger partial charge is 0.417 e. The molecule has 0 bridgehead atoms. The summed E-state index contributed by atoms with van der Waals surface area (Å²) in [4.78, 5) is 13.0. The van der Waals surface area contributed by atoms with Crippen molar-refractivity contribution in [1.29, 1.82) is 0 Å². The second-order valence-corrected chi connectivity index (χ2v) is 5.08. The SMILES string of the molecule is CCc1ccccc1NC(=O)Oc1ccc(SC)cc1. The number of nitrogens with one attached hydrogen (secondary N) is 1. The Balaban J connectivity index is 2.01. The number of rotatable bonds is 4. The Bertz CT molecular complexity index is 581. The first-order valence-corrected chi connectivity index (χ1v) is 7.66. The molecule has 3 nitrogen and oxygen atoms in total. The van der Waals surface area contributed by atoms with E-state index in [2.05, 4.69) is 5.32 Å². The molecule has 2 aromatic carbocycles. The zero-order chi connectivity index (χ0) is 14.4. The Labute approximate surface area is 123 Å². The molecule has 0 heterocycles. The van der Waals surface area contributed by atoms with Crippen LogP contribution in [0.2, 0.25) is 0 Å². The van der Waals surface area contributed by atoms with E-state index in [0.29, 0.717) is 5.75 Å². The van der Waals surface area contributed by atoms with E-state index in [1.807, 2.05) is 49.6 Å². The lowest BCUT2D eigenvalue weighted by Crippen LogP contribution is -2.17. The first-order chi connectivity index (χ1) is 9.72. The Morgan fingerprint density at radius 1 is 1.15 bits per heavy atom. The van der Waals surface area contributed by atoms with E-state index >= 15 is 0 Å². The van der Waals surface area contributed by atoms with E-state index in [4.69, 9.17) is 4.74 Å². The molecule has 0 unspecified atom stereocenters. The van der Waals surface area contributed by atoms with Gasteiger partial charge in [0.15, 0.2) is 0 Å². The van der Waals surface area contributed by atoms with Crippen molar-refractivity contribution < 1.29 is 9.53 Å². The first-order valence-electron chi connectivity index (χ1n) is 6.43. The van der Waals surface area contributed by atoms with Gasteiger partial charge in [0.05, 0.1) is 0 Å². The topological polar surface area (TPSA) is 38.3 Å². The van der Waals surface area contributed by atoms with E-state index in [-0.39, 0.29) is 0 Å². The van der Waals surface area contributed by atoms with E-state index in [9.17, 15) is 4.79 Å². The molecule has 0 fully saturated rings. The monoisotopic (exact) mass is 287 g/mol. The van der Waals surface area contributed by atoms with Gasteiger partial charge < -0.3 is 4.74 Å². The Morgan fingerprint density at radius 2 is 1.85 bits per heavy atom. The predicted octanol–water partition coefficient (Wildman–Crippen LogP) is 4.58. The number of carbonyl (C=O) groups is 1. The van der Waals surface area contributed by atoms with Gasteiger partial charge in [0, 0.05) is 10.6 Å². The van der Waals surface area contributed by atoms with Crippen LogP contribution in [0.3, 0.4) is 0 Å². The minimum atomic E-state index is -0.470. The van der Waals surface area contributed by atoms with E-state index < -0.39 is 6.09 Å². The highest BCUT2D eigenvalue weighted by molar-refractivity contribution is 7.98. The lowest BCUT2D eigenvalue weighted by molar-refractivity contribution is 0.215. The Morgan fingerprint density at radius 3 is 2.50 bits per heavy atom. The van der Waals surface area contributed by atoms with E-state index in [1.54, 1.807) is 23.9 Å². The zero-order valence-corrected chi connectivity index (χ0v) is 12.4. The van der Waals surface area contributed by atoms with Crippen molar-refractivity contribution in [1.82, 2.24) is 0 Å². The van der Waals surface area contributed by atoms with Gasteiger partial charge in [-0.1, -0.05) is 25.1 Å². The molecule has 0 aromatic heterocycles. The minimum Gasteiger partial charge on any atom is -0.410 e. The quantitative estimate of drug-likeness (QED) is 0.836. The summed E-state index contributed by atoms with van der Waals surface area (Å²) >= 11 is 1.65. The fourth-order valence-electron chi connectivity index (χ4n) is 1.84. The highest BCUT2D eigenvalue weighted by atomic mass is 32.2. The number of para-hydroxylation sites is 1. The number of aryl methyl sites for hydroxylation is 1. The molecule has 0 radical (unpaired) electrons. The third kappa shape index (κ3) is 3.78. The number of carbonyl (C=O) groups excluding carboxylic acids is 1. The molecule has 0 saturated heterocycles. The summed E-state index contributed by atoms with van der Waals surface area (Å²) in [6.07, 6.45) is 2.39. The number of thioether (sulfide) groups is 1. The molecule has 0 atom stereocenters. The van der Waals surface area contributed by atoms with Crippen LogP contribution in [0.4, 0.5) is 10.5 Å². The summed E-state index contributed by atoms with van der Waals surface area (Å²) in [5.74, 6) is 0.536. The maximum absolute atomic E-state index is 11.9. The van der Waals surface area contributed by atoms with Crippen LogP contribution in [0.25, 0.3) is 0 Å². The van der Waals surface area contributed by atoms with Crippen LogP contribution in [-0.2, 0) is 6.42 Å². The molecule has 0 spiro atoms. The summed E-state index contributed by atoms with van der Waals surface area (Å²) in [6.45, 7) is 2.05. The van der Waals surface area contributed by atoms with Crippen molar-refractivity contribution in [3.8, 4) is 5.75 Å². The van der Waals surface area contributed by atoms with Gasteiger partial charge in [-0.15, -0.1) is 11.8 Å². The molecule has 2 aromatic rings. The van der Waals surface area contributed by atoms with Gasteiger partial charge in [-0.3, -0.25) is 5.32 Å². The standard InChI is InChI=1S/C16H17NO2S/c1-3-12-6-4-5-7-15(12)17-16(18)19-13-8-10-14(20-2)11-9-13/h4-11H,3H2,1-2H3,(H,17,18). The fraction of sp³-hybridized carbons (Fsp3) is 0.188. The van der Waals surface area contributed by atoms with Gasteiger partial charge >= 0.3 is 6.09 Å². The van der Waals surface area contributed by atoms with Crippen LogP contribution in [0.5, 0.6) is 5.75 Å². The smallest absolute Gasteiger partial charge is 0.410 e. The maximum atomic E-state index is 11.9. The van der Waals surface area contributed by atoms with Gasteiger partial charge in [0.2, 0.25) is 0 Å². The molecular weight excluding hydrogens is 270 g/mol. The Hall–Kier alpha value is -1.94. The number of anilines is 1. The molecule has 1 N–H and O–H groups in total. The normalized spacial score (nSPS) is 10.1. The molecule has 0 saturated carbocycles. The van der Waals surface area contributed by atoms with Crippen molar-refractivity contribution in [3.05, 3.63) is 54.1 Å². The molecule has 0 aliphatic rings. The number of benzene rings is 2. The summed E-state index contributed by atoms with van der Waals surface area (Å²) < 4.78 is 5.26. The third-order valence-corrected chi connectivity index (χ3v) is 3.65. The van der Waals surface area contributed by atoms with Gasteiger partial charge in [0.1, 0.15) is 5.75 Å². The molecular formula is C16H17NO2S. The van der Waals surface area contributed by atoms with Crippen LogP contribution < -0.4 is 10.1 Å². The average molecular weight is 287 g/mol. The maximum Gasteiger partial charge on any atom is 0.417 e. The van der Waals surface area contributed by atoms with Gasteiger partial charge in [-0.05, 0) is 48.6 Å². The molecule has 20 heavy (non-hydrogen) atoms. The number of hydrogen-bond acceptors (Lipinski definition) is 3. The first kappa shape index (κ1) is 14.5. The number of hydrogen-bond donors (Lipinski definition) is 1. The molecule has 0 aliphatic carbocycles. The zero-order valence-electron chi connectivity index (χ0n) is 11.6. The minimum absolute atomic E-state index is 0.470. The van der Waals surface area contributed by atoms with Crippen LogP contribution >= 0.6 is 11.8 Å².